The van der Waals surface area contributed by atoms with Crippen LogP contribution in [0.1, 0.15) is 16.2 Å². The molecule has 0 saturated heterocycles. The number of carbonyl (C=O) groups excluding carboxylic acids is 1. The number of fused-ring (bicyclic) bond motifs is 2. The minimum Gasteiger partial charge on any atom is -0.341 e. The molecule has 0 spiro atoms. The minimum atomic E-state index is -0.0191. The molecule has 4 aromatic heterocycles. The van der Waals surface area contributed by atoms with Crippen molar-refractivity contribution in [1.82, 2.24) is 19.1 Å². The van der Waals surface area contributed by atoms with Gasteiger partial charge in [-0.3, -0.25) is 4.79 Å². The number of amides is 1. The SMILES string of the molecule is O=C(c1cc2ccc(Br)cn2n1)N1CCn2c(ccc2-c2ccsc2)C1. The van der Waals surface area contributed by atoms with Crippen LogP contribution in [0.2, 0.25) is 0 Å². The standard InChI is InChI=1S/C19H15BrN4OS/c20-14-1-2-15-9-17(21-24(15)10-14)19(25)22-6-7-23-16(11-22)3-4-18(23)13-5-8-26-12-13/h1-5,8-10,12H,6-7,11H2. The molecule has 0 aliphatic carbocycles. The first-order valence-electron chi connectivity index (χ1n) is 8.34. The smallest absolute Gasteiger partial charge is 0.274 e. The molecule has 0 saturated carbocycles. The molecule has 7 heteroatoms. The molecular weight excluding hydrogens is 412 g/mol. The summed E-state index contributed by atoms with van der Waals surface area (Å²) in [7, 11) is 0. The Balaban J connectivity index is 1.42. The van der Waals surface area contributed by atoms with Crippen molar-refractivity contribution in [3.05, 3.63) is 69.2 Å². The number of rotatable bonds is 2. The second-order valence-electron chi connectivity index (χ2n) is 6.35. The summed E-state index contributed by atoms with van der Waals surface area (Å²) in [6, 6.07) is 12.1. The van der Waals surface area contributed by atoms with Gasteiger partial charge in [-0.2, -0.15) is 16.4 Å². The van der Waals surface area contributed by atoms with E-state index in [9.17, 15) is 4.79 Å². The number of thiophene rings is 1. The summed E-state index contributed by atoms with van der Waals surface area (Å²) in [4.78, 5) is 14.8. The zero-order valence-electron chi connectivity index (χ0n) is 13.8. The second-order valence-corrected chi connectivity index (χ2v) is 8.04. The number of pyridine rings is 1. The van der Waals surface area contributed by atoms with Crippen molar-refractivity contribution in [1.29, 1.82) is 0 Å². The molecule has 130 valence electrons. The van der Waals surface area contributed by atoms with Gasteiger partial charge in [0.2, 0.25) is 0 Å². The molecule has 0 fully saturated rings. The minimum absolute atomic E-state index is 0.0191. The molecule has 0 atom stereocenters. The Morgan fingerprint density at radius 1 is 1.15 bits per heavy atom. The monoisotopic (exact) mass is 426 g/mol. The number of carbonyl (C=O) groups is 1. The molecular formula is C19H15BrN4OS. The van der Waals surface area contributed by atoms with Crippen LogP contribution in [0.25, 0.3) is 16.8 Å². The van der Waals surface area contributed by atoms with Crippen LogP contribution in [0.5, 0.6) is 0 Å². The highest BCUT2D eigenvalue weighted by atomic mass is 79.9. The Morgan fingerprint density at radius 3 is 2.92 bits per heavy atom. The third-order valence-electron chi connectivity index (χ3n) is 4.76. The average molecular weight is 427 g/mol. The number of halogens is 1. The summed E-state index contributed by atoms with van der Waals surface area (Å²) in [5.74, 6) is -0.0191. The average Bonchev–Trinajstić information content (AvgIpc) is 3.38. The molecule has 1 aliphatic rings. The van der Waals surface area contributed by atoms with Gasteiger partial charge in [-0.15, -0.1) is 0 Å². The lowest BCUT2D eigenvalue weighted by atomic mass is 10.2. The molecule has 5 nitrogen and oxygen atoms in total. The Morgan fingerprint density at radius 2 is 2.08 bits per heavy atom. The first-order chi connectivity index (χ1) is 12.7. The largest absolute Gasteiger partial charge is 0.341 e. The van der Waals surface area contributed by atoms with Crippen LogP contribution in [0, 0.1) is 0 Å². The number of nitrogens with zero attached hydrogens (tertiary/aromatic N) is 4. The van der Waals surface area contributed by atoms with Gasteiger partial charge >= 0.3 is 0 Å². The van der Waals surface area contributed by atoms with Crippen molar-refractivity contribution in [2.24, 2.45) is 0 Å². The lowest BCUT2D eigenvalue weighted by molar-refractivity contribution is 0.0705. The number of aromatic nitrogens is 3. The van der Waals surface area contributed by atoms with Gasteiger partial charge in [-0.25, -0.2) is 4.52 Å². The molecule has 0 N–H and O–H groups in total. The van der Waals surface area contributed by atoms with E-state index in [0.717, 1.165) is 22.2 Å². The molecule has 0 aromatic carbocycles. The zero-order chi connectivity index (χ0) is 17.7. The van der Waals surface area contributed by atoms with Gasteiger partial charge in [-0.1, -0.05) is 0 Å². The van der Waals surface area contributed by atoms with E-state index in [0.29, 0.717) is 18.8 Å². The van der Waals surface area contributed by atoms with Crippen molar-refractivity contribution in [3.63, 3.8) is 0 Å². The van der Waals surface area contributed by atoms with E-state index in [1.807, 2.05) is 29.3 Å². The van der Waals surface area contributed by atoms with Crippen LogP contribution < -0.4 is 0 Å². The van der Waals surface area contributed by atoms with E-state index < -0.39 is 0 Å². The summed E-state index contributed by atoms with van der Waals surface area (Å²) >= 11 is 5.14. The van der Waals surface area contributed by atoms with Crippen LogP contribution in [-0.4, -0.2) is 31.5 Å². The third kappa shape index (κ3) is 2.59. The molecule has 1 amide bonds. The summed E-state index contributed by atoms with van der Waals surface area (Å²) in [5, 5.41) is 8.70. The van der Waals surface area contributed by atoms with Crippen LogP contribution in [0.15, 0.2) is 57.8 Å². The lowest BCUT2D eigenvalue weighted by Gasteiger charge is -2.29. The summed E-state index contributed by atoms with van der Waals surface area (Å²) in [6.45, 7) is 2.11. The number of hydrogen-bond donors (Lipinski definition) is 0. The summed E-state index contributed by atoms with van der Waals surface area (Å²) in [5.41, 5.74) is 5.04. The van der Waals surface area contributed by atoms with Crippen LogP contribution in [0.3, 0.4) is 0 Å². The highest BCUT2D eigenvalue weighted by molar-refractivity contribution is 9.10. The van der Waals surface area contributed by atoms with Crippen molar-refractivity contribution in [2.75, 3.05) is 6.54 Å². The third-order valence-corrected chi connectivity index (χ3v) is 5.92. The Bertz CT molecular complexity index is 1110. The normalized spacial score (nSPS) is 14.0. The zero-order valence-corrected chi connectivity index (χ0v) is 16.2. The van der Waals surface area contributed by atoms with E-state index in [1.165, 1.54) is 11.3 Å². The molecule has 1 aliphatic heterocycles. The number of hydrogen-bond acceptors (Lipinski definition) is 3. The molecule has 0 unspecified atom stereocenters. The van der Waals surface area contributed by atoms with Gasteiger partial charge in [0, 0.05) is 46.1 Å². The highest BCUT2D eigenvalue weighted by Gasteiger charge is 2.25. The maximum Gasteiger partial charge on any atom is 0.274 e. The van der Waals surface area contributed by atoms with E-state index in [2.05, 4.69) is 54.6 Å². The van der Waals surface area contributed by atoms with Gasteiger partial charge < -0.3 is 9.47 Å². The van der Waals surface area contributed by atoms with Crippen LogP contribution in [0.4, 0.5) is 0 Å². The van der Waals surface area contributed by atoms with Crippen molar-refractivity contribution < 1.29 is 4.79 Å². The lowest BCUT2D eigenvalue weighted by Crippen LogP contribution is -2.38. The van der Waals surface area contributed by atoms with E-state index in [1.54, 1.807) is 15.9 Å². The molecule has 5 heterocycles. The van der Waals surface area contributed by atoms with Gasteiger partial charge in [0.05, 0.1) is 12.1 Å². The van der Waals surface area contributed by atoms with Gasteiger partial charge in [-0.05, 0) is 57.7 Å². The quantitative estimate of drug-likeness (QED) is 0.479. The fraction of sp³-hybridized carbons (Fsp3) is 0.158. The molecule has 5 rings (SSSR count). The summed E-state index contributed by atoms with van der Waals surface area (Å²) in [6.07, 6.45) is 1.86. The van der Waals surface area contributed by atoms with Crippen LogP contribution in [-0.2, 0) is 13.1 Å². The first kappa shape index (κ1) is 15.8. The van der Waals surface area contributed by atoms with E-state index in [-0.39, 0.29) is 5.91 Å². The van der Waals surface area contributed by atoms with Gasteiger partial charge in [0.25, 0.3) is 5.91 Å². The van der Waals surface area contributed by atoms with Crippen LogP contribution >= 0.6 is 27.3 Å². The van der Waals surface area contributed by atoms with Crippen molar-refractivity contribution in [2.45, 2.75) is 13.1 Å². The van der Waals surface area contributed by atoms with E-state index in [4.69, 9.17) is 0 Å². The predicted octanol–water partition coefficient (Wildman–Crippen LogP) is 4.28. The maximum absolute atomic E-state index is 12.9. The van der Waals surface area contributed by atoms with Crippen molar-refractivity contribution in [3.8, 4) is 11.3 Å². The summed E-state index contributed by atoms with van der Waals surface area (Å²) < 4.78 is 4.98. The van der Waals surface area contributed by atoms with Crippen molar-refractivity contribution >= 4 is 38.7 Å². The molecule has 26 heavy (non-hydrogen) atoms. The Hall–Kier alpha value is -2.38. The topological polar surface area (TPSA) is 42.5 Å². The van der Waals surface area contributed by atoms with Gasteiger partial charge in [0.15, 0.2) is 5.69 Å². The first-order valence-corrected chi connectivity index (χ1v) is 10.1. The Kier molecular flexibility index (Phi) is 3.72. The van der Waals surface area contributed by atoms with E-state index >= 15 is 0 Å². The highest BCUT2D eigenvalue weighted by Crippen LogP contribution is 2.28. The molecule has 4 aromatic rings. The van der Waals surface area contributed by atoms with Gasteiger partial charge in [0.1, 0.15) is 0 Å². The second kappa shape index (κ2) is 6.10. The molecule has 0 radical (unpaired) electrons. The fourth-order valence-electron chi connectivity index (χ4n) is 3.47. The maximum atomic E-state index is 12.9. The Labute approximate surface area is 162 Å². The predicted molar refractivity (Wildman–Crippen MR) is 105 cm³/mol. The fourth-order valence-corrected chi connectivity index (χ4v) is 4.45. The molecule has 0 bridgehead atoms.